The van der Waals surface area contributed by atoms with Crippen molar-refractivity contribution in [3.8, 4) is 0 Å². The predicted molar refractivity (Wildman–Crippen MR) is 128 cm³/mol. The number of anilines is 1. The molecule has 1 unspecified atom stereocenters. The maximum absolute atomic E-state index is 5.92. The van der Waals surface area contributed by atoms with Crippen molar-refractivity contribution in [3.05, 3.63) is 47.0 Å². The molecule has 0 spiro atoms. The summed E-state index contributed by atoms with van der Waals surface area (Å²) in [6, 6.07) is 10.3. The van der Waals surface area contributed by atoms with Gasteiger partial charge in [-0.2, -0.15) is 0 Å². The van der Waals surface area contributed by atoms with Crippen LogP contribution in [0.3, 0.4) is 0 Å². The van der Waals surface area contributed by atoms with Crippen molar-refractivity contribution in [3.63, 3.8) is 0 Å². The molecular weight excluding hydrogens is 485 g/mol. The number of hydrogen-bond acceptors (Lipinski definition) is 5. The molecule has 1 aromatic heterocycles. The molecule has 3 rings (SSSR count). The number of hydrogen-bond donors (Lipinski definition) is 1. The lowest BCUT2D eigenvalue weighted by Crippen LogP contribution is -2.39. The molecule has 0 radical (unpaired) electrons. The molecule has 154 valence electrons. The topological polar surface area (TPSA) is 53.0 Å². The highest BCUT2D eigenvalue weighted by atomic mass is 127. The summed E-state index contributed by atoms with van der Waals surface area (Å²) in [5, 5.41) is 6.57. The van der Waals surface area contributed by atoms with Gasteiger partial charge in [0.15, 0.2) is 11.1 Å². The van der Waals surface area contributed by atoms with Crippen molar-refractivity contribution in [2.75, 3.05) is 45.7 Å². The average molecular weight is 515 g/mol. The van der Waals surface area contributed by atoms with Crippen LogP contribution in [0.25, 0.3) is 0 Å². The summed E-state index contributed by atoms with van der Waals surface area (Å²) in [4.78, 5) is 13.4. The van der Waals surface area contributed by atoms with E-state index in [0.717, 1.165) is 42.9 Å². The highest BCUT2D eigenvalue weighted by Crippen LogP contribution is 2.19. The Morgan fingerprint density at radius 3 is 2.82 bits per heavy atom. The standard InChI is InChI=1S/C20H29N5OS.HI/c1-21-19(22-11-18-15-27-20(23-18)24(2)3)25-10-9-17(12-25)14-26-13-16-7-5-4-6-8-16;/h4-8,15,17H,9-14H2,1-3H3,(H,21,22);1H. The molecule has 0 saturated carbocycles. The van der Waals surface area contributed by atoms with Crippen LogP contribution in [0.15, 0.2) is 40.7 Å². The zero-order valence-electron chi connectivity index (χ0n) is 16.8. The molecule has 1 atom stereocenters. The maximum atomic E-state index is 5.92. The van der Waals surface area contributed by atoms with Crippen molar-refractivity contribution in [2.45, 2.75) is 19.6 Å². The van der Waals surface area contributed by atoms with E-state index in [2.05, 4.69) is 49.8 Å². The highest BCUT2D eigenvalue weighted by molar-refractivity contribution is 14.0. The van der Waals surface area contributed by atoms with Crippen molar-refractivity contribution >= 4 is 46.4 Å². The van der Waals surface area contributed by atoms with Gasteiger partial charge in [-0.15, -0.1) is 35.3 Å². The van der Waals surface area contributed by atoms with Crippen LogP contribution in [-0.2, 0) is 17.9 Å². The molecule has 1 aliphatic heterocycles. The van der Waals surface area contributed by atoms with E-state index in [4.69, 9.17) is 4.74 Å². The molecule has 0 amide bonds. The number of likely N-dealkylation sites (tertiary alicyclic amines) is 1. The fourth-order valence-electron chi connectivity index (χ4n) is 3.16. The van der Waals surface area contributed by atoms with Gasteiger partial charge in [0, 0.05) is 45.5 Å². The maximum Gasteiger partial charge on any atom is 0.193 e. The predicted octanol–water partition coefficient (Wildman–Crippen LogP) is 3.44. The van der Waals surface area contributed by atoms with Crippen molar-refractivity contribution in [1.29, 1.82) is 0 Å². The fraction of sp³-hybridized carbons (Fsp3) is 0.500. The first-order valence-electron chi connectivity index (χ1n) is 9.34. The second kappa shape index (κ2) is 11.6. The Bertz CT molecular complexity index is 737. The number of halogens is 1. The van der Waals surface area contributed by atoms with E-state index < -0.39 is 0 Å². The quantitative estimate of drug-likeness (QED) is 0.348. The summed E-state index contributed by atoms with van der Waals surface area (Å²) >= 11 is 1.66. The van der Waals surface area contributed by atoms with Gasteiger partial charge < -0.3 is 19.9 Å². The van der Waals surface area contributed by atoms with Crippen LogP contribution in [0.4, 0.5) is 5.13 Å². The second-order valence-electron chi connectivity index (χ2n) is 7.02. The lowest BCUT2D eigenvalue weighted by molar-refractivity contribution is 0.0906. The number of aliphatic imine (C=N–C) groups is 1. The van der Waals surface area contributed by atoms with E-state index in [1.165, 1.54) is 5.56 Å². The second-order valence-corrected chi connectivity index (χ2v) is 7.85. The first-order valence-corrected chi connectivity index (χ1v) is 10.2. The zero-order valence-corrected chi connectivity index (χ0v) is 19.9. The van der Waals surface area contributed by atoms with Gasteiger partial charge >= 0.3 is 0 Å². The van der Waals surface area contributed by atoms with Crippen LogP contribution in [-0.4, -0.2) is 56.7 Å². The van der Waals surface area contributed by atoms with Crippen molar-refractivity contribution in [2.24, 2.45) is 10.9 Å². The molecule has 1 aliphatic rings. The normalized spacial score (nSPS) is 16.8. The number of guanidine groups is 1. The summed E-state index contributed by atoms with van der Waals surface area (Å²) in [6.45, 7) is 4.17. The number of nitrogens with zero attached hydrogens (tertiary/aromatic N) is 4. The van der Waals surface area contributed by atoms with E-state index in [-0.39, 0.29) is 24.0 Å². The third kappa shape index (κ3) is 6.59. The summed E-state index contributed by atoms with van der Waals surface area (Å²) in [7, 11) is 5.87. The molecule has 0 bridgehead atoms. The Morgan fingerprint density at radius 2 is 2.14 bits per heavy atom. The first-order chi connectivity index (χ1) is 13.2. The van der Waals surface area contributed by atoms with Crippen LogP contribution < -0.4 is 10.2 Å². The molecule has 1 aromatic carbocycles. The number of aromatic nitrogens is 1. The molecule has 1 fully saturated rings. The molecule has 28 heavy (non-hydrogen) atoms. The Kier molecular flexibility index (Phi) is 9.46. The molecule has 2 aromatic rings. The van der Waals surface area contributed by atoms with Gasteiger partial charge in [-0.1, -0.05) is 30.3 Å². The Labute approximate surface area is 189 Å². The summed E-state index contributed by atoms with van der Waals surface area (Å²) in [5.41, 5.74) is 2.27. The van der Waals surface area contributed by atoms with E-state index in [1.54, 1.807) is 11.3 Å². The molecule has 1 N–H and O–H groups in total. The molecule has 2 heterocycles. The van der Waals surface area contributed by atoms with Gasteiger partial charge in [-0.3, -0.25) is 4.99 Å². The SMILES string of the molecule is CN=C(NCc1csc(N(C)C)n1)N1CCC(COCc2ccccc2)C1.I. The fourth-order valence-corrected chi connectivity index (χ4v) is 3.92. The largest absolute Gasteiger partial charge is 0.376 e. The number of nitrogens with one attached hydrogen (secondary N) is 1. The minimum Gasteiger partial charge on any atom is -0.376 e. The summed E-state index contributed by atoms with van der Waals surface area (Å²) in [5.74, 6) is 1.49. The number of thiazole rings is 1. The van der Waals surface area contributed by atoms with Crippen molar-refractivity contribution < 1.29 is 4.74 Å². The number of rotatable bonds is 7. The number of ether oxygens (including phenoxy) is 1. The van der Waals surface area contributed by atoms with Gasteiger partial charge in [0.1, 0.15) is 0 Å². The van der Waals surface area contributed by atoms with Crippen LogP contribution >= 0.6 is 35.3 Å². The number of benzene rings is 1. The Balaban J connectivity index is 0.00000280. The highest BCUT2D eigenvalue weighted by Gasteiger charge is 2.25. The van der Waals surface area contributed by atoms with E-state index in [1.807, 2.05) is 32.1 Å². The Morgan fingerprint density at radius 1 is 1.36 bits per heavy atom. The summed E-state index contributed by atoms with van der Waals surface area (Å²) in [6.07, 6.45) is 1.14. The minimum absolute atomic E-state index is 0. The van der Waals surface area contributed by atoms with Gasteiger partial charge in [-0.25, -0.2) is 4.98 Å². The van der Waals surface area contributed by atoms with Crippen LogP contribution in [0.5, 0.6) is 0 Å². The van der Waals surface area contributed by atoms with E-state index in [9.17, 15) is 0 Å². The average Bonchev–Trinajstić information content (AvgIpc) is 3.33. The third-order valence-electron chi connectivity index (χ3n) is 4.61. The van der Waals surface area contributed by atoms with E-state index >= 15 is 0 Å². The van der Waals surface area contributed by atoms with Gasteiger partial charge in [0.05, 0.1) is 25.5 Å². The molecule has 1 saturated heterocycles. The first kappa shape index (κ1) is 22.9. The van der Waals surface area contributed by atoms with Crippen molar-refractivity contribution in [1.82, 2.24) is 15.2 Å². The molecular formula is C20H30IN5OS. The third-order valence-corrected chi connectivity index (χ3v) is 5.67. The monoisotopic (exact) mass is 515 g/mol. The summed E-state index contributed by atoms with van der Waals surface area (Å²) < 4.78 is 5.92. The molecule has 6 nitrogen and oxygen atoms in total. The lowest BCUT2D eigenvalue weighted by atomic mass is 10.1. The Hall–Kier alpha value is -1.39. The van der Waals surface area contributed by atoms with Crippen LogP contribution in [0, 0.1) is 5.92 Å². The minimum atomic E-state index is 0. The van der Waals surface area contributed by atoms with Crippen LogP contribution in [0.2, 0.25) is 0 Å². The smallest absolute Gasteiger partial charge is 0.193 e. The van der Waals surface area contributed by atoms with Gasteiger partial charge in [0.25, 0.3) is 0 Å². The van der Waals surface area contributed by atoms with Crippen LogP contribution in [0.1, 0.15) is 17.7 Å². The van der Waals surface area contributed by atoms with Gasteiger partial charge in [-0.05, 0) is 12.0 Å². The lowest BCUT2D eigenvalue weighted by Gasteiger charge is -2.21. The van der Waals surface area contributed by atoms with Gasteiger partial charge in [0.2, 0.25) is 0 Å². The zero-order chi connectivity index (χ0) is 19.1. The van der Waals surface area contributed by atoms with E-state index in [0.29, 0.717) is 19.1 Å². The molecule has 0 aliphatic carbocycles. The molecule has 8 heteroatoms.